The highest BCUT2D eigenvalue weighted by molar-refractivity contribution is 5.94. The van der Waals surface area contributed by atoms with Crippen molar-refractivity contribution in [3.63, 3.8) is 0 Å². The molecule has 0 bridgehead atoms. The number of aromatic amines is 1. The summed E-state index contributed by atoms with van der Waals surface area (Å²) < 4.78 is 6.07. The number of nitrogens with one attached hydrogen (secondary N) is 1. The van der Waals surface area contributed by atoms with Gasteiger partial charge in [0.15, 0.2) is 0 Å². The smallest absolute Gasteiger partial charge is 0.137 e. The summed E-state index contributed by atoms with van der Waals surface area (Å²) in [6.45, 7) is 0.555. The molecule has 3 nitrogen and oxygen atoms in total. The number of para-hydroxylation sites is 1. The lowest BCUT2D eigenvalue weighted by molar-refractivity contribution is 0.307. The Labute approximate surface area is 134 Å². The van der Waals surface area contributed by atoms with Crippen LogP contribution in [0.25, 0.3) is 22.2 Å². The average molecular weight is 300 g/mol. The monoisotopic (exact) mass is 300 g/mol. The SMILES string of the molecule is c1ccc(COc2ccccc2-c2ccnc3[nH]ccc23)cc1. The highest BCUT2D eigenvalue weighted by atomic mass is 16.5. The number of nitrogens with zero attached hydrogens (tertiary/aromatic N) is 1. The zero-order chi connectivity index (χ0) is 15.5. The van der Waals surface area contributed by atoms with Crippen LogP contribution < -0.4 is 4.74 Å². The second kappa shape index (κ2) is 5.97. The predicted molar refractivity (Wildman–Crippen MR) is 92.3 cm³/mol. The molecule has 0 aliphatic heterocycles. The summed E-state index contributed by atoms with van der Waals surface area (Å²) in [6.07, 6.45) is 3.73. The number of benzene rings is 2. The molecule has 3 heteroatoms. The molecule has 0 spiro atoms. The van der Waals surface area contributed by atoms with E-state index in [1.807, 2.05) is 60.9 Å². The quantitative estimate of drug-likeness (QED) is 0.587. The van der Waals surface area contributed by atoms with Crippen LogP contribution >= 0.6 is 0 Å². The first-order valence-electron chi connectivity index (χ1n) is 7.60. The van der Waals surface area contributed by atoms with Crippen LogP contribution in [0.2, 0.25) is 0 Å². The minimum atomic E-state index is 0.555. The van der Waals surface area contributed by atoms with Gasteiger partial charge in [-0.3, -0.25) is 0 Å². The van der Waals surface area contributed by atoms with Crippen LogP contribution in [-0.4, -0.2) is 9.97 Å². The number of ether oxygens (including phenoxy) is 1. The standard InChI is InChI=1S/C20H16N2O/c1-2-6-15(7-3-1)14-23-19-9-5-4-8-17(19)16-10-12-21-20-18(16)11-13-22-20/h1-13H,14H2,(H,21,22). The molecule has 0 radical (unpaired) electrons. The van der Waals surface area contributed by atoms with Crippen molar-refractivity contribution in [1.82, 2.24) is 9.97 Å². The molecule has 0 amide bonds. The van der Waals surface area contributed by atoms with Gasteiger partial charge in [0, 0.05) is 23.3 Å². The Kier molecular flexibility index (Phi) is 3.53. The van der Waals surface area contributed by atoms with Crippen LogP contribution in [0.5, 0.6) is 5.75 Å². The molecule has 4 aromatic rings. The first-order chi connectivity index (χ1) is 11.4. The van der Waals surface area contributed by atoms with Crippen LogP contribution in [0.1, 0.15) is 5.56 Å². The zero-order valence-corrected chi connectivity index (χ0v) is 12.6. The molecule has 0 atom stereocenters. The normalized spacial score (nSPS) is 10.8. The van der Waals surface area contributed by atoms with Crippen molar-refractivity contribution >= 4 is 11.0 Å². The summed E-state index contributed by atoms with van der Waals surface area (Å²) in [5, 5.41) is 1.10. The second-order valence-corrected chi connectivity index (χ2v) is 5.37. The summed E-state index contributed by atoms with van der Waals surface area (Å²) in [4.78, 5) is 7.51. The third-order valence-corrected chi connectivity index (χ3v) is 3.87. The maximum atomic E-state index is 6.07. The Hall–Kier alpha value is -3.07. The number of hydrogen-bond donors (Lipinski definition) is 1. The van der Waals surface area contributed by atoms with Crippen LogP contribution in [-0.2, 0) is 6.61 Å². The van der Waals surface area contributed by atoms with Gasteiger partial charge in [0.2, 0.25) is 0 Å². The van der Waals surface area contributed by atoms with E-state index in [2.05, 4.69) is 28.2 Å². The summed E-state index contributed by atoms with van der Waals surface area (Å²) in [5.74, 6) is 0.880. The van der Waals surface area contributed by atoms with Crippen molar-refractivity contribution in [1.29, 1.82) is 0 Å². The Morgan fingerprint density at radius 3 is 2.57 bits per heavy atom. The van der Waals surface area contributed by atoms with Crippen molar-refractivity contribution in [3.05, 3.63) is 84.7 Å². The third kappa shape index (κ3) is 2.69. The molecule has 2 aromatic heterocycles. The molecule has 4 rings (SSSR count). The summed E-state index contributed by atoms with van der Waals surface area (Å²) in [7, 11) is 0. The number of aromatic nitrogens is 2. The van der Waals surface area contributed by atoms with E-state index in [1.165, 1.54) is 0 Å². The number of pyridine rings is 1. The van der Waals surface area contributed by atoms with E-state index >= 15 is 0 Å². The van der Waals surface area contributed by atoms with Gasteiger partial charge in [-0.05, 0) is 29.3 Å². The van der Waals surface area contributed by atoms with Gasteiger partial charge in [-0.2, -0.15) is 0 Å². The van der Waals surface area contributed by atoms with E-state index in [0.717, 1.165) is 33.5 Å². The van der Waals surface area contributed by atoms with Gasteiger partial charge in [-0.1, -0.05) is 48.5 Å². The fourth-order valence-corrected chi connectivity index (χ4v) is 2.75. The van der Waals surface area contributed by atoms with Gasteiger partial charge in [0.05, 0.1) is 0 Å². The minimum absolute atomic E-state index is 0.555. The lowest BCUT2D eigenvalue weighted by Crippen LogP contribution is -1.97. The molecular formula is C20H16N2O. The zero-order valence-electron chi connectivity index (χ0n) is 12.6. The first kappa shape index (κ1) is 13.6. The van der Waals surface area contributed by atoms with Crippen molar-refractivity contribution in [2.24, 2.45) is 0 Å². The molecule has 0 fully saturated rings. The summed E-state index contributed by atoms with van der Waals surface area (Å²) >= 11 is 0. The minimum Gasteiger partial charge on any atom is -0.488 e. The molecule has 0 aliphatic rings. The van der Waals surface area contributed by atoms with Gasteiger partial charge in [0.25, 0.3) is 0 Å². The lowest BCUT2D eigenvalue weighted by atomic mass is 10.0. The van der Waals surface area contributed by atoms with Gasteiger partial charge in [-0.25, -0.2) is 4.98 Å². The van der Waals surface area contributed by atoms with E-state index in [0.29, 0.717) is 6.61 Å². The first-order valence-corrected chi connectivity index (χ1v) is 7.60. The van der Waals surface area contributed by atoms with Crippen molar-refractivity contribution in [3.8, 4) is 16.9 Å². The fraction of sp³-hybridized carbons (Fsp3) is 0.0500. The highest BCUT2D eigenvalue weighted by Crippen LogP contribution is 2.34. The Balaban J connectivity index is 1.71. The van der Waals surface area contributed by atoms with Gasteiger partial charge >= 0.3 is 0 Å². The third-order valence-electron chi connectivity index (χ3n) is 3.87. The lowest BCUT2D eigenvalue weighted by Gasteiger charge is -2.12. The average Bonchev–Trinajstić information content (AvgIpc) is 3.10. The molecular weight excluding hydrogens is 284 g/mol. The van der Waals surface area contributed by atoms with E-state index in [-0.39, 0.29) is 0 Å². The summed E-state index contributed by atoms with van der Waals surface area (Å²) in [6, 6.07) is 22.4. The van der Waals surface area contributed by atoms with Gasteiger partial charge in [0.1, 0.15) is 18.0 Å². The van der Waals surface area contributed by atoms with E-state index in [9.17, 15) is 0 Å². The number of fused-ring (bicyclic) bond motifs is 1. The molecule has 0 aliphatic carbocycles. The summed E-state index contributed by atoms with van der Waals surface area (Å²) in [5.41, 5.74) is 4.25. The topological polar surface area (TPSA) is 37.9 Å². The molecule has 2 heterocycles. The van der Waals surface area contributed by atoms with Crippen LogP contribution in [0.3, 0.4) is 0 Å². The molecule has 0 saturated heterocycles. The van der Waals surface area contributed by atoms with Gasteiger partial charge < -0.3 is 9.72 Å². The highest BCUT2D eigenvalue weighted by Gasteiger charge is 2.10. The van der Waals surface area contributed by atoms with Crippen molar-refractivity contribution in [2.45, 2.75) is 6.61 Å². The molecule has 23 heavy (non-hydrogen) atoms. The Bertz CT molecular complexity index is 928. The van der Waals surface area contributed by atoms with Gasteiger partial charge in [-0.15, -0.1) is 0 Å². The van der Waals surface area contributed by atoms with Crippen LogP contribution in [0.15, 0.2) is 79.1 Å². The van der Waals surface area contributed by atoms with E-state index < -0.39 is 0 Å². The maximum Gasteiger partial charge on any atom is 0.137 e. The Morgan fingerprint density at radius 2 is 1.65 bits per heavy atom. The second-order valence-electron chi connectivity index (χ2n) is 5.37. The number of rotatable bonds is 4. The van der Waals surface area contributed by atoms with Crippen LogP contribution in [0, 0.1) is 0 Å². The molecule has 112 valence electrons. The largest absolute Gasteiger partial charge is 0.488 e. The molecule has 0 unspecified atom stereocenters. The fourth-order valence-electron chi connectivity index (χ4n) is 2.75. The predicted octanol–water partition coefficient (Wildman–Crippen LogP) is 4.81. The maximum absolute atomic E-state index is 6.07. The van der Waals surface area contributed by atoms with Crippen molar-refractivity contribution < 1.29 is 4.74 Å². The molecule has 1 N–H and O–H groups in total. The number of H-pyrrole nitrogens is 1. The van der Waals surface area contributed by atoms with E-state index in [1.54, 1.807) is 0 Å². The Morgan fingerprint density at radius 1 is 0.826 bits per heavy atom. The molecule has 0 saturated carbocycles. The van der Waals surface area contributed by atoms with E-state index in [4.69, 9.17) is 4.74 Å². The van der Waals surface area contributed by atoms with Crippen LogP contribution in [0.4, 0.5) is 0 Å². The molecule has 2 aromatic carbocycles. The van der Waals surface area contributed by atoms with Crippen molar-refractivity contribution in [2.75, 3.05) is 0 Å². The number of hydrogen-bond acceptors (Lipinski definition) is 2.